The number of anilines is 1. The van der Waals surface area contributed by atoms with Crippen molar-refractivity contribution in [3.8, 4) is 11.1 Å². The molecule has 33 heavy (non-hydrogen) atoms. The third-order valence-corrected chi connectivity index (χ3v) is 4.78. The molecule has 0 saturated heterocycles. The van der Waals surface area contributed by atoms with Crippen LogP contribution >= 0.6 is 0 Å². The molecule has 3 aromatic carbocycles. The Bertz CT molecular complexity index is 1080. The number of urea groups is 1. The Morgan fingerprint density at radius 1 is 0.758 bits per heavy atom. The zero-order valence-corrected chi connectivity index (χ0v) is 18.7. The molecule has 0 spiro atoms. The Morgan fingerprint density at radius 2 is 1.39 bits per heavy atom. The molecule has 0 radical (unpaired) electrons. The van der Waals surface area contributed by atoms with Gasteiger partial charge in [0.1, 0.15) is 0 Å². The second-order valence-electron chi connectivity index (χ2n) is 7.85. The monoisotopic (exact) mass is 444 g/mol. The highest BCUT2D eigenvalue weighted by Crippen LogP contribution is 2.19. The Kier molecular flexibility index (Phi) is 8.18. The van der Waals surface area contributed by atoms with E-state index < -0.39 is 0 Å². The molecule has 7 heteroatoms. The standard InChI is InChI=1S/C26H28N4O3/c1-18(2)29-26(33)30-23-14-8-19(9-15-23)16-27-24(31)17-28-25(32)22-12-10-21(11-13-22)20-6-4-3-5-7-20/h3-15,18H,16-17H2,1-2H3,(H,27,31)(H,28,32)(H2,29,30,33). The molecule has 0 aromatic heterocycles. The van der Waals surface area contributed by atoms with Gasteiger partial charge in [0.05, 0.1) is 6.54 Å². The number of carbonyl (C=O) groups is 3. The lowest BCUT2D eigenvalue weighted by molar-refractivity contribution is -0.120. The zero-order valence-electron chi connectivity index (χ0n) is 18.7. The summed E-state index contributed by atoms with van der Waals surface area (Å²) in [6.07, 6.45) is 0. The first-order valence-corrected chi connectivity index (χ1v) is 10.8. The smallest absolute Gasteiger partial charge is 0.319 e. The summed E-state index contributed by atoms with van der Waals surface area (Å²) in [6, 6.07) is 24.1. The highest BCUT2D eigenvalue weighted by atomic mass is 16.2. The largest absolute Gasteiger partial charge is 0.350 e. The van der Waals surface area contributed by atoms with Crippen molar-refractivity contribution in [3.05, 3.63) is 90.0 Å². The van der Waals surface area contributed by atoms with Crippen LogP contribution in [0.25, 0.3) is 11.1 Å². The summed E-state index contributed by atoms with van der Waals surface area (Å²) in [5.41, 5.74) is 4.12. The normalized spacial score (nSPS) is 10.4. The fourth-order valence-corrected chi connectivity index (χ4v) is 3.11. The van der Waals surface area contributed by atoms with Crippen molar-refractivity contribution in [2.24, 2.45) is 0 Å². The molecule has 0 bridgehead atoms. The third-order valence-electron chi connectivity index (χ3n) is 4.78. The first-order chi connectivity index (χ1) is 15.9. The lowest BCUT2D eigenvalue weighted by atomic mass is 10.0. The van der Waals surface area contributed by atoms with Gasteiger partial charge >= 0.3 is 6.03 Å². The van der Waals surface area contributed by atoms with Gasteiger partial charge in [-0.2, -0.15) is 0 Å². The number of nitrogens with one attached hydrogen (secondary N) is 4. The summed E-state index contributed by atoms with van der Waals surface area (Å²) in [7, 11) is 0. The Morgan fingerprint density at radius 3 is 2.03 bits per heavy atom. The van der Waals surface area contributed by atoms with Crippen molar-refractivity contribution in [1.82, 2.24) is 16.0 Å². The highest BCUT2D eigenvalue weighted by molar-refractivity contribution is 5.96. The quantitative estimate of drug-likeness (QED) is 0.424. The van der Waals surface area contributed by atoms with Gasteiger partial charge in [-0.3, -0.25) is 9.59 Å². The first-order valence-electron chi connectivity index (χ1n) is 10.8. The highest BCUT2D eigenvalue weighted by Gasteiger charge is 2.09. The van der Waals surface area contributed by atoms with Crippen LogP contribution in [0.2, 0.25) is 0 Å². The fourth-order valence-electron chi connectivity index (χ4n) is 3.11. The van der Waals surface area contributed by atoms with Crippen LogP contribution in [0.4, 0.5) is 10.5 Å². The van der Waals surface area contributed by atoms with Crippen molar-refractivity contribution in [2.75, 3.05) is 11.9 Å². The van der Waals surface area contributed by atoms with Crippen molar-refractivity contribution < 1.29 is 14.4 Å². The minimum Gasteiger partial charge on any atom is -0.350 e. The predicted molar refractivity (Wildman–Crippen MR) is 130 cm³/mol. The minimum atomic E-state index is -0.306. The van der Waals surface area contributed by atoms with E-state index >= 15 is 0 Å². The van der Waals surface area contributed by atoms with E-state index in [0.29, 0.717) is 17.8 Å². The molecule has 170 valence electrons. The molecule has 0 saturated carbocycles. The number of benzene rings is 3. The zero-order chi connectivity index (χ0) is 23.6. The molecule has 0 aliphatic carbocycles. The van der Waals surface area contributed by atoms with Crippen LogP contribution in [0.3, 0.4) is 0 Å². The second kappa shape index (κ2) is 11.5. The predicted octanol–water partition coefficient (Wildman–Crippen LogP) is 3.93. The topological polar surface area (TPSA) is 99.3 Å². The van der Waals surface area contributed by atoms with Gasteiger partial charge < -0.3 is 21.3 Å². The van der Waals surface area contributed by atoms with E-state index in [1.807, 2.05) is 68.4 Å². The van der Waals surface area contributed by atoms with Crippen molar-refractivity contribution in [3.63, 3.8) is 0 Å². The number of carbonyl (C=O) groups excluding carboxylic acids is 3. The Labute approximate surface area is 193 Å². The Balaban J connectivity index is 1.42. The molecule has 4 amide bonds. The van der Waals surface area contributed by atoms with Crippen LogP contribution in [0.5, 0.6) is 0 Å². The maximum Gasteiger partial charge on any atom is 0.319 e. The fraction of sp³-hybridized carbons (Fsp3) is 0.192. The summed E-state index contributed by atoms with van der Waals surface area (Å²) in [6.45, 7) is 3.97. The van der Waals surface area contributed by atoms with E-state index in [2.05, 4.69) is 21.3 Å². The molecular formula is C26H28N4O3. The van der Waals surface area contributed by atoms with Crippen LogP contribution in [0.15, 0.2) is 78.9 Å². The molecule has 0 unspecified atom stereocenters. The van der Waals surface area contributed by atoms with Gasteiger partial charge in [0, 0.05) is 23.8 Å². The number of hydrogen-bond acceptors (Lipinski definition) is 3. The van der Waals surface area contributed by atoms with E-state index in [0.717, 1.165) is 16.7 Å². The molecule has 4 N–H and O–H groups in total. The van der Waals surface area contributed by atoms with Crippen LogP contribution in [-0.4, -0.2) is 30.4 Å². The van der Waals surface area contributed by atoms with Crippen molar-refractivity contribution in [1.29, 1.82) is 0 Å². The molecule has 0 aliphatic rings. The SMILES string of the molecule is CC(C)NC(=O)Nc1ccc(CNC(=O)CNC(=O)c2ccc(-c3ccccc3)cc2)cc1. The molecule has 0 heterocycles. The van der Waals surface area contributed by atoms with Crippen molar-refractivity contribution >= 4 is 23.5 Å². The Hall–Kier alpha value is -4.13. The number of amides is 4. The minimum absolute atomic E-state index is 0.0497. The molecule has 0 atom stereocenters. The summed E-state index contributed by atoms with van der Waals surface area (Å²) >= 11 is 0. The number of hydrogen-bond donors (Lipinski definition) is 4. The second-order valence-corrected chi connectivity index (χ2v) is 7.85. The number of rotatable bonds is 8. The van der Waals surface area contributed by atoms with Crippen LogP contribution < -0.4 is 21.3 Å². The molecule has 0 aliphatic heterocycles. The molecule has 0 fully saturated rings. The van der Waals surface area contributed by atoms with E-state index in [9.17, 15) is 14.4 Å². The third kappa shape index (κ3) is 7.50. The maximum atomic E-state index is 12.3. The molecule has 3 rings (SSSR count). The first kappa shape index (κ1) is 23.5. The molecular weight excluding hydrogens is 416 g/mol. The van der Waals surface area contributed by atoms with E-state index in [-0.39, 0.29) is 30.4 Å². The average Bonchev–Trinajstić information content (AvgIpc) is 2.82. The van der Waals surface area contributed by atoms with Gasteiger partial charge in [-0.05, 0) is 54.8 Å². The van der Waals surface area contributed by atoms with E-state index in [1.165, 1.54) is 0 Å². The summed E-state index contributed by atoms with van der Waals surface area (Å²) < 4.78 is 0. The van der Waals surface area contributed by atoms with Gasteiger partial charge in [0.25, 0.3) is 5.91 Å². The van der Waals surface area contributed by atoms with Crippen LogP contribution in [0, 0.1) is 0 Å². The van der Waals surface area contributed by atoms with Crippen molar-refractivity contribution in [2.45, 2.75) is 26.4 Å². The van der Waals surface area contributed by atoms with Gasteiger partial charge in [-0.15, -0.1) is 0 Å². The van der Waals surface area contributed by atoms with Gasteiger partial charge in [0.15, 0.2) is 0 Å². The molecule has 7 nitrogen and oxygen atoms in total. The van der Waals surface area contributed by atoms with Crippen LogP contribution in [0.1, 0.15) is 29.8 Å². The van der Waals surface area contributed by atoms with E-state index in [1.54, 1.807) is 24.3 Å². The summed E-state index contributed by atoms with van der Waals surface area (Å²) in [5.74, 6) is -0.595. The maximum absolute atomic E-state index is 12.3. The molecule has 3 aromatic rings. The van der Waals surface area contributed by atoms with Crippen LogP contribution in [-0.2, 0) is 11.3 Å². The average molecular weight is 445 g/mol. The van der Waals surface area contributed by atoms with Gasteiger partial charge in [-0.1, -0.05) is 54.6 Å². The van der Waals surface area contributed by atoms with E-state index in [4.69, 9.17) is 0 Å². The summed E-state index contributed by atoms with van der Waals surface area (Å²) in [5, 5.41) is 10.9. The summed E-state index contributed by atoms with van der Waals surface area (Å²) in [4.78, 5) is 36.2. The lowest BCUT2D eigenvalue weighted by Gasteiger charge is -2.11. The van der Waals surface area contributed by atoms with Gasteiger partial charge in [-0.25, -0.2) is 4.79 Å². The lowest BCUT2D eigenvalue weighted by Crippen LogP contribution is -2.36. The van der Waals surface area contributed by atoms with Gasteiger partial charge in [0.2, 0.25) is 5.91 Å².